The highest BCUT2D eigenvalue weighted by atomic mass is 35.5. The van der Waals surface area contributed by atoms with Crippen LogP contribution in [0.2, 0.25) is 0 Å². The molecule has 15 heavy (non-hydrogen) atoms. The first-order chi connectivity index (χ1) is 7.18. The topological polar surface area (TPSA) is 17.1 Å². The lowest BCUT2D eigenvalue weighted by Gasteiger charge is -2.15. The Hall–Kier alpha value is -1.08. The van der Waals surface area contributed by atoms with E-state index in [4.69, 9.17) is 11.6 Å². The number of hydrogen-bond donors (Lipinski definition) is 0. The third-order valence-electron chi connectivity index (χ3n) is 3.00. The predicted octanol–water partition coefficient (Wildman–Crippen LogP) is 3.27. The van der Waals surface area contributed by atoms with Gasteiger partial charge in [-0.2, -0.15) is 0 Å². The van der Waals surface area contributed by atoms with E-state index in [9.17, 15) is 4.79 Å². The van der Waals surface area contributed by atoms with Gasteiger partial charge in [0.1, 0.15) is 0 Å². The van der Waals surface area contributed by atoms with E-state index < -0.39 is 0 Å². The third-order valence-corrected chi connectivity index (χ3v) is 3.28. The van der Waals surface area contributed by atoms with Crippen LogP contribution in [0.5, 0.6) is 0 Å². The zero-order valence-electron chi connectivity index (χ0n) is 8.61. The van der Waals surface area contributed by atoms with Crippen molar-refractivity contribution in [3.63, 3.8) is 0 Å². The number of benzene rings is 1. The zero-order valence-corrected chi connectivity index (χ0v) is 9.37. The molecule has 0 radical (unpaired) electrons. The fourth-order valence-corrected chi connectivity index (χ4v) is 2.26. The van der Waals surface area contributed by atoms with Gasteiger partial charge in [0, 0.05) is 5.92 Å². The fourth-order valence-electron chi connectivity index (χ4n) is 1.98. The molecule has 2 unspecified atom stereocenters. The molecule has 1 aliphatic carbocycles. The average Bonchev–Trinajstić information content (AvgIpc) is 2.39. The molecule has 2 rings (SSSR count). The Labute approximate surface area is 94.8 Å². The summed E-state index contributed by atoms with van der Waals surface area (Å²) in [6.07, 6.45) is 4.89. The molecule has 1 nitrogen and oxygen atoms in total. The summed E-state index contributed by atoms with van der Waals surface area (Å²) >= 11 is 5.62. The van der Waals surface area contributed by atoms with Crippen molar-refractivity contribution in [1.82, 2.24) is 0 Å². The van der Waals surface area contributed by atoms with Crippen LogP contribution in [0.1, 0.15) is 18.1 Å². The molecule has 1 aromatic carbocycles. The molecular weight excluding hydrogens is 208 g/mol. The highest BCUT2D eigenvalue weighted by molar-refractivity contribution is 6.64. The first kappa shape index (κ1) is 10.4. The summed E-state index contributed by atoms with van der Waals surface area (Å²) in [5.41, 5.74) is 2.40. The van der Waals surface area contributed by atoms with Crippen LogP contribution in [0, 0.1) is 11.8 Å². The van der Waals surface area contributed by atoms with Crippen molar-refractivity contribution in [2.75, 3.05) is 0 Å². The Bertz CT molecular complexity index is 409. The van der Waals surface area contributed by atoms with Crippen LogP contribution in [0.25, 0.3) is 6.08 Å². The number of rotatable bonds is 1. The molecule has 2 heteroatoms. The van der Waals surface area contributed by atoms with Gasteiger partial charge < -0.3 is 0 Å². The monoisotopic (exact) mass is 220 g/mol. The largest absolute Gasteiger partial charge is 0.281 e. The van der Waals surface area contributed by atoms with Gasteiger partial charge in [-0.25, -0.2) is 0 Å². The molecule has 0 N–H and O–H groups in total. The Kier molecular flexibility index (Phi) is 2.92. The first-order valence-electron chi connectivity index (χ1n) is 5.14. The molecule has 0 aromatic heterocycles. The van der Waals surface area contributed by atoms with Crippen LogP contribution in [-0.4, -0.2) is 5.24 Å². The fraction of sp³-hybridized carbons (Fsp3) is 0.308. The van der Waals surface area contributed by atoms with Crippen LogP contribution in [0.15, 0.2) is 30.3 Å². The number of hydrogen-bond acceptors (Lipinski definition) is 1. The van der Waals surface area contributed by atoms with Crippen molar-refractivity contribution >= 4 is 22.9 Å². The molecule has 0 saturated heterocycles. The van der Waals surface area contributed by atoms with Gasteiger partial charge in [-0.3, -0.25) is 4.79 Å². The molecule has 78 valence electrons. The van der Waals surface area contributed by atoms with E-state index in [2.05, 4.69) is 24.3 Å². The van der Waals surface area contributed by atoms with Crippen molar-refractivity contribution in [2.45, 2.75) is 13.3 Å². The standard InChI is InChI=1S/C13H13ClO/c1-9-6-7-10-4-2-3-5-11(10)8-12(9)13(14)15/h2-7,9,12H,8H2,1H3. The van der Waals surface area contributed by atoms with Gasteiger partial charge in [0.05, 0.1) is 0 Å². The molecule has 1 aliphatic rings. The van der Waals surface area contributed by atoms with Crippen LogP contribution in [-0.2, 0) is 11.2 Å². The first-order valence-corrected chi connectivity index (χ1v) is 5.51. The van der Waals surface area contributed by atoms with Crippen molar-refractivity contribution in [3.8, 4) is 0 Å². The maximum absolute atomic E-state index is 11.3. The number of carbonyl (C=O) groups is 1. The van der Waals surface area contributed by atoms with Gasteiger partial charge in [0.2, 0.25) is 5.24 Å². The molecule has 0 fully saturated rings. The maximum Gasteiger partial charge on any atom is 0.225 e. The Morgan fingerprint density at radius 2 is 2.13 bits per heavy atom. The summed E-state index contributed by atoms with van der Waals surface area (Å²) in [6.45, 7) is 2.04. The maximum atomic E-state index is 11.3. The predicted molar refractivity (Wildman–Crippen MR) is 62.7 cm³/mol. The van der Waals surface area contributed by atoms with Crippen LogP contribution >= 0.6 is 11.6 Å². The van der Waals surface area contributed by atoms with E-state index in [0.717, 1.165) is 6.42 Å². The minimum Gasteiger partial charge on any atom is -0.281 e. The zero-order chi connectivity index (χ0) is 10.8. The van der Waals surface area contributed by atoms with Crippen molar-refractivity contribution in [1.29, 1.82) is 0 Å². The van der Waals surface area contributed by atoms with Crippen molar-refractivity contribution in [3.05, 3.63) is 41.5 Å². The van der Waals surface area contributed by atoms with Crippen LogP contribution < -0.4 is 0 Å². The minimum atomic E-state index is -0.233. The summed E-state index contributed by atoms with van der Waals surface area (Å²) < 4.78 is 0. The highest BCUT2D eigenvalue weighted by Crippen LogP contribution is 2.27. The molecule has 1 aromatic rings. The lowest BCUT2D eigenvalue weighted by atomic mass is 9.90. The Morgan fingerprint density at radius 1 is 1.40 bits per heavy atom. The van der Waals surface area contributed by atoms with E-state index in [-0.39, 0.29) is 17.1 Å². The van der Waals surface area contributed by atoms with Gasteiger partial charge in [0.15, 0.2) is 0 Å². The quantitative estimate of drug-likeness (QED) is 0.664. The van der Waals surface area contributed by atoms with Gasteiger partial charge in [-0.05, 0) is 35.1 Å². The Balaban J connectivity index is 2.39. The number of carbonyl (C=O) groups excluding carboxylic acids is 1. The van der Waals surface area contributed by atoms with Gasteiger partial charge in [-0.1, -0.05) is 43.3 Å². The van der Waals surface area contributed by atoms with Crippen molar-refractivity contribution < 1.29 is 4.79 Å². The molecule has 0 bridgehead atoms. The van der Waals surface area contributed by atoms with E-state index >= 15 is 0 Å². The smallest absolute Gasteiger partial charge is 0.225 e. The summed E-state index contributed by atoms with van der Waals surface area (Å²) in [6, 6.07) is 8.14. The SMILES string of the molecule is CC1C=Cc2ccccc2CC1C(=O)Cl. The molecular formula is C13H13ClO. The summed E-state index contributed by atoms with van der Waals surface area (Å²) in [5, 5.41) is -0.233. The van der Waals surface area contributed by atoms with Crippen molar-refractivity contribution in [2.24, 2.45) is 11.8 Å². The van der Waals surface area contributed by atoms with E-state index in [1.54, 1.807) is 0 Å². The van der Waals surface area contributed by atoms with Crippen LogP contribution in [0.3, 0.4) is 0 Å². The molecule has 0 saturated carbocycles. The molecule has 2 atom stereocenters. The summed E-state index contributed by atoms with van der Waals surface area (Å²) in [7, 11) is 0. The van der Waals surface area contributed by atoms with Crippen LogP contribution in [0.4, 0.5) is 0 Å². The highest BCUT2D eigenvalue weighted by Gasteiger charge is 2.24. The molecule has 0 aliphatic heterocycles. The molecule has 0 heterocycles. The molecule has 0 spiro atoms. The lowest BCUT2D eigenvalue weighted by Crippen LogP contribution is -2.18. The van der Waals surface area contributed by atoms with E-state index in [0.29, 0.717) is 0 Å². The second-order valence-corrected chi connectivity index (χ2v) is 4.40. The second kappa shape index (κ2) is 4.19. The minimum absolute atomic E-state index is 0.0911. The number of allylic oxidation sites excluding steroid dienone is 1. The van der Waals surface area contributed by atoms with E-state index in [1.807, 2.05) is 19.1 Å². The summed E-state index contributed by atoms with van der Waals surface area (Å²) in [5.74, 6) is 0.119. The van der Waals surface area contributed by atoms with E-state index in [1.165, 1.54) is 11.1 Å². The van der Waals surface area contributed by atoms with Gasteiger partial charge in [0.25, 0.3) is 0 Å². The normalized spacial score (nSPS) is 24.4. The average molecular weight is 221 g/mol. The van der Waals surface area contributed by atoms with Gasteiger partial charge >= 0.3 is 0 Å². The number of fused-ring (bicyclic) bond motifs is 1. The lowest BCUT2D eigenvalue weighted by molar-refractivity contribution is -0.115. The third kappa shape index (κ3) is 2.13. The number of halogens is 1. The summed E-state index contributed by atoms with van der Waals surface area (Å²) in [4.78, 5) is 11.3. The van der Waals surface area contributed by atoms with Gasteiger partial charge in [-0.15, -0.1) is 0 Å². The molecule has 0 amide bonds. The second-order valence-electron chi connectivity index (χ2n) is 4.03. The Morgan fingerprint density at radius 3 is 2.87 bits per heavy atom.